The average molecular weight is 587 g/mol. The molecule has 0 saturated carbocycles. The van der Waals surface area contributed by atoms with Crippen LogP contribution in [0.25, 0.3) is 0 Å². The maximum absolute atomic E-state index is 12.0. The summed E-state index contributed by atoms with van der Waals surface area (Å²) in [5.74, 6) is -1.49. The second-order valence-corrected chi connectivity index (χ2v) is 9.44. The lowest BCUT2D eigenvalue weighted by atomic mass is 9.95. The molecule has 0 radical (unpaired) electrons. The van der Waals surface area contributed by atoms with Gasteiger partial charge in [-0.25, -0.2) is 0 Å². The van der Waals surface area contributed by atoms with Crippen LogP contribution in [0.5, 0.6) is 0 Å². The number of carbonyl (C=O) groups excluding carboxylic acids is 3. The fourth-order valence-corrected chi connectivity index (χ4v) is 4.36. The molecule has 0 bridgehead atoms. The molecule has 2 heterocycles. The Balaban J connectivity index is 2.52. The second kappa shape index (κ2) is 15.4. The van der Waals surface area contributed by atoms with Gasteiger partial charge in [-0.15, -0.1) is 0 Å². The molecule has 18 heteroatoms. The van der Waals surface area contributed by atoms with Gasteiger partial charge in [0.05, 0.1) is 19.8 Å². The minimum Gasteiger partial charge on any atom is -0.394 e. The molecule has 0 aromatic rings. The van der Waals surface area contributed by atoms with Crippen molar-refractivity contribution >= 4 is 18.1 Å². The highest BCUT2D eigenvalue weighted by Crippen LogP contribution is 2.29. The molecule has 232 valence electrons. The van der Waals surface area contributed by atoms with E-state index in [4.69, 9.17) is 18.9 Å². The van der Waals surface area contributed by atoms with Crippen LogP contribution >= 0.6 is 0 Å². The molecular weight excluding hydrogens is 548 g/mol. The Morgan fingerprint density at radius 2 is 1.32 bits per heavy atom. The van der Waals surface area contributed by atoms with Gasteiger partial charge in [0.2, 0.25) is 11.8 Å². The molecule has 0 aromatic carbocycles. The third-order valence-corrected chi connectivity index (χ3v) is 6.44. The lowest BCUT2D eigenvalue weighted by molar-refractivity contribution is -0.338. The van der Waals surface area contributed by atoms with Crippen molar-refractivity contribution in [3.05, 3.63) is 0 Å². The van der Waals surface area contributed by atoms with Crippen LogP contribution < -0.4 is 10.6 Å². The van der Waals surface area contributed by atoms with Gasteiger partial charge in [-0.3, -0.25) is 9.59 Å². The van der Waals surface area contributed by atoms with Gasteiger partial charge in [-0.05, 0) is 0 Å². The van der Waals surface area contributed by atoms with Crippen LogP contribution in [-0.4, -0.2) is 170 Å². The minimum absolute atomic E-state index is 0.151. The fourth-order valence-electron chi connectivity index (χ4n) is 4.36. The highest BCUT2D eigenvalue weighted by Gasteiger charge is 2.51. The van der Waals surface area contributed by atoms with Crippen LogP contribution in [0.3, 0.4) is 0 Å². The molecule has 18 nitrogen and oxygen atoms in total. The van der Waals surface area contributed by atoms with Crippen molar-refractivity contribution in [2.75, 3.05) is 19.8 Å². The lowest BCUT2D eigenvalue weighted by Crippen LogP contribution is -2.67. The first kappa shape index (κ1) is 34.3. The quantitative estimate of drug-likeness (QED) is 0.0893. The Hall–Kier alpha value is -1.91. The van der Waals surface area contributed by atoms with E-state index in [1.54, 1.807) is 0 Å². The molecular formula is C22H38N2O16. The summed E-state index contributed by atoms with van der Waals surface area (Å²) in [5, 5.41) is 95.4. The van der Waals surface area contributed by atoms with E-state index < -0.39 is 117 Å². The van der Waals surface area contributed by atoms with E-state index >= 15 is 0 Å². The van der Waals surface area contributed by atoms with Gasteiger partial charge in [0, 0.05) is 13.8 Å². The Morgan fingerprint density at radius 3 is 1.80 bits per heavy atom. The number of nitrogens with one attached hydrogen (secondary N) is 2. The molecule has 0 unspecified atom stereocenters. The lowest BCUT2D eigenvalue weighted by Gasteiger charge is -2.46. The molecule has 2 rings (SSSR count). The summed E-state index contributed by atoms with van der Waals surface area (Å²) in [7, 11) is 0. The van der Waals surface area contributed by atoms with E-state index in [1.807, 2.05) is 0 Å². The summed E-state index contributed by atoms with van der Waals surface area (Å²) in [6.07, 6.45) is -21.4. The number of ether oxygens (including phenoxy) is 4. The summed E-state index contributed by atoms with van der Waals surface area (Å²) in [6.45, 7) is -0.629. The number of amides is 2. The number of aldehydes is 1. The van der Waals surface area contributed by atoms with Crippen LogP contribution in [0.1, 0.15) is 13.8 Å². The van der Waals surface area contributed by atoms with E-state index in [9.17, 15) is 60.3 Å². The number of rotatable bonds is 13. The molecule has 2 amide bonds. The summed E-state index contributed by atoms with van der Waals surface area (Å²) in [6, 6.07) is -3.24. The minimum atomic E-state index is -1.99. The third-order valence-electron chi connectivity index (χ3n) is 6.44. The van der Waals surface area contributed by atoms with E-state index in [0.717, 1.165) is 13.8 Å². The number of aliphatic hydroxyl groups excluding tert-OH is 9. The van der Waals surface area contributed by atoms with Crippen molar-refractivity contribution < 1.29 is 79.3 Å². The summed E-state index contributed by atoms with van der Waals surface area (Å²) in [4.78, 5) is 35.6. The number of carbonyl (C=O) groups is 3. The van der Waals surface area contributed by atoms with Crippen LogP contribution in [0.4, 0.5) is 0 Å². The van der Waals surface area contributed by atoms with E-state index in [-0.39, 0.29) is 6.29 Å². The van der Waals surface area contributed by atoms with Crippen LogP contribution in [-0.2, 0) is 33.3 Å². The van der Waals surface area contributed by atoms with Crippen molar-refractivity contribution in [1.82, 2.24) is 10.6 Å². The van der Waals surface area contributed by atoms with E-state index in [2.05, 4.69) is 10.6 Å². The SMILES string of the molecule is CC(=O)N[C@H]1[C@H](O[C@H]([C@H](O[C@@H]2O[C@H](CO)[C@H](O)[C@H](O)[C@H]2O)[C@H](C=O)NC(C)=O)[C@H](O)CO)O[C@H](CO)[C@H](O)[C@@H]1O. The Bertz CT molecular complexity index is 835. The molecule has 2 saturated heterocycles. The predicted molar refractivity (Wildman–Crippen MR) is 126 cm³/mol. The maximum atomic E-state index is 12.0. The number of hydrogen-bond acceptors (Lipinski definition) is 16. The van der Waals surface area contributed by atoms with E-state index in [1.165, 1.54) is 0 Å². The summed E-state index contributed by atoms with van der Waals surface area (Å²) in [5.41, 5.74) is 0. The van der Waals surface area contributed by atoms with E-state index in [0.29, 0.717) is 0 Å². The van der Waals surface area contributed by atoms with Gasteiger partial charge in [0.25, 0.3) is 0 Å². The monoisotopic (exact) mass is 586 g/mol. The first-order chi connectivity index (χ1) is 18.8. The summed E-state index contributed by atoms with van der Waals surface area (Å²) >= 11 is 0. The highest BCUT2D eigenvalue weighted by molar-refractivity contribution is 5.77. The first-order valence-electron chi connectivity index (χ1n) is 12.3. The first-order valence-corrected chi connectivity index (χ1v) is 12.3. The fraction of sp³-hybridized carbons (Fsp3) is 0.864. The van der Waals surface area contributed by atoms with Crippen molar-refractivity contribution in [3.8, 4) is 0 Å². The molecule has 0 aliphatic carbocycles. The molecule has 11 N–H and O–H groups in total. The molecule has 0 aromatic heterocycles. The average Bonchev–Trinajstić information content (AvgIpc) is 2.92. The van der Waals surface area contributed by atoms with Crippen LogP contribution in [0.2, 0.25) is 0 Å². The van der Waals surface area contributed by atoms with Crippen molar-refractivity contribution in [2.45, 2.75) is 99.6 Å². The Labute approximate surface area is 228 Å². The zero-order valence-electron chi connectivity index (χ0n) is 21.7. The smallest absolute Gasteiger partial charge is 0.217 e. The van der Waals surface area contributed by atoms with Crippen LogP contribution in [0.15, 0.2) is 0 Å². The molecule has 14 atom stereocenters. The van der Waals surface area contributed by atoms with Crippen molar-refractivity contribution in [1.29, 1.82) is 0 Å². The normalized spacial score (nSPS) is 37.6. The van der Waals surface area contributed by atoms with Gasteiger partial charge < -0.3 is 80.3 Å². The largest absolute Gasteiger partial charge is 0.394 e. The van der Waals surface area contributed by atoms with Crippen molar-refractivity contribution in [2.24, 2.45) is 0 Å². The molecule has 2 fully saturated rings. The number of hydrogen-bond donors (Lipinski definition) is 11. The van der Waals surface area contributed by atoms with Gasteiger partial charge in [0.1, 0.15) is 79.4 Å². The standard InChI is InChI=1S/C22H38N2O16/c1-7(29)23-9(3-25)19(39-22-18(36)17(35)15(33)12(6-28)38-22)20(10(31)4-26)40-21-13(24-8(2)30)16(34)14(32)11(5-27)37-21/h3,9-22,26-28,31-36H,4-6H2,1-2H3,(H,23,29)(H,24,30)/t9-,10+,11+,12+,13+,14-,15-,16+,17-,18+,19+,20-,21-,22-/m0/s1. The highest BCUT2D eigenvalue weighted by atomic mass is 16.7. The zero-order chi connectivity index (χ0) is 30.3. The topological polar surface area (TPSA) is 294 Å². The number of aliphatic hydroxyl groups is 9. The predicted octanol–water partition coefficient (Wildman–Crippen LogP) is -7.44. The molecule has 2 aliphatic heterocycles. The van der Waals surface area contributed by atoms with Gasteiger partial charge in [0.15, 0.2) is 12.6 Å². The van der Waals surface area contributed by atoms with Gasteiger partial charge in [-0.2, -0.15) is 0 Å². The van der Waals surface area contributed by atoms with Crippen molar-refractivity contribution in [3.63, 3.8) is 0 Å². The molecule has 40 heavy (non-hydrogen) atoms. The van der Waals surface area contributed by atoms with Gasteiger partial charge >= 0.3 is 0 Å². The maximum Gasteiger partial charge on any atom is 0.217 e. The summed E-state index contributed by atoms with van der Waals surface area (Å²) < 4.78 is 22.2. The molecule has 2 aliphatic rings. The second-order valence-electron chi connectivity index (χ2n) is 9.44. The van der Waals surface area contributed by atoms with Crippen LogP contribution in [0, 0.1) is 0 Å². The third kappa shape index (κ3) is 8.10. The molecule has 0 spiro atoms. The van der Waals surface area contributed by atoms with Gasteiger partial charge in [-0.1, -0.05) is 0 Å². The zero-order valence-corrected chi connectivity index (χ0v) is 21.7. The Kier molecular flexibility index (Phi) is 13.2. The Morgan fingerprint density at radius 1 is 0.800 bits per heavy atom.